The Morgan fingerprint density at radius 3 is 2.36 bits per heavy atom. The molecular formula is C18H31N3O. The molecule has 2 rings (SSSR count). The van der Waals surface area contributed by atoms with Crippen LogP contribution in [0.4, 0.5) is 0 Å². The highest BCUT2D eigenvalue weighted by atomic mass is 16.5. The maximum Gasteiger partial charge on any atom is 0.119 e. The van der Waals surface area contributed by atoms with Gasteiger partial charge in [-0.15, -0.1) is 0 Å². The van der Waals surface area contributed by atoms with Crippen LogP contribution in [-0.2, 0) is 6.54 Å². The summed E-state index contributed by atoms with van der Waals surface area (Å²) in [5, 5.41) is 1.96. The topological polar surface area (TPSA) is 27.7 Å². The minimum atomic E-state index is 0.773. The molecule has 0 amide bonds. The lowest BCUT2D eigenvalue weighted by molar-refractivity contribution is 0.120. The van der Waals surface area contributed by atoms with E-state index < -0.39 is 0 Å². The number of ether oxygens (including phenoxy) is 1. The van der Waals surface area contributed by atoms with Crippen molar-refractivity contribution in [3.63, 3.8) is 0 Å². The Balaban J connectivity index is 1.70. The van der Waals surface area contributed by atoms with E-state index in [9.17, 15) is 0 Å². The van der Waals surface area contributed by atoms with Crippen LogP contribution in [0.15, 0.2) is 24.3 Å². The van der Waals surface area contributed by atoms with E-state index in [2.05, 4.69) is 48.4 Å². The van der Waals surface area contributed by atoms with Crippen LogP contribution < -0.4 is 10.2 Å². The number of nitrogens with one attached hydrogen (secondary N) is 1. The van der Waals surface area contributed by atoms with Gasteiger partial charge in [0.15, 0.2) is 0 Å². The molecule has 4 nitrogen and oxygen atoms in total. The normalized spacial score (nSPS) is 23.0. The molecule has 1 aromatic rings. The number of hydrogen-bond donors (Lipinski definition) is 1. The smallest absolute Gasteiger partial charge is 0.119 e. The molecule has 22 heavy (non-hydrogen) atoms. The fourth-order valence-electron chi connectivity index (χ4n) is 3.22. The zero-order valence-corrected chi connectivity index (χ0v) is 14.5. The zero-order chi connectivity index (χ0) is 15.9. The first-order chi connectivity index (χ1) is 10.5. The van der Waals surface area contributed by atoms with Crippen LogP contribution in [0.2, 0.25) is 0 Å². The van der Waals surface area contributed by atoms with Gasteiger partial charge in [-0.3, -0.25) is 15.3 Å². The number of hydrazine groups is 1. The van der Waals surface area contributed by atoms with Gasteiger partial charge in [0.25, 0.3) is 0 Å². The zero-order valence-electron chi connectivity index (χ0n) is 14.5. The predicted octanol–water partition coefficient (Wildman–Crippen LogP) is 2.61. The van der Waals surface area contributed by atoms with Crippen LogP contribution in [0.5, 0.6) is 5.75 Å². The first-order valence-corrected chi connectivity index (χ1v) is 8.38. The Labute approximate surface area is 135 Å². The van der Waals surface area contributed by atoms with E-state index in [1.54, 1.807) is 0 Å². The van der Waals surface area contributed by atoms with Crippen molar-refractivity contribution in [1.82, 2.24) is 15.3 Å². The predicted molar refractivity (Wildman–Crippen MR) is 91.8 cm³/mol. The van der Waals surface area contributed by atoms with Gasteiger partial charge < -0.3 is 4.74 Å². The van der Waals surface area contributed by atoms with Crippen molar-refractivity contribution in [1.29, 1.82) is 0 Å². The van der Waals surface area contributed by atoms with Crippen LogP contribution in [0, 0.1) is 11.8 Å². The molecule has 1 N–H and O–H groups in total. The highest BCUT2D eigenvalue weighted by Gasteiger charge is 2.21. The summed E-state index contributed by atoms with van der Waals surface area (Å²) in [5.74, 6) is 2.59. The first kappa shape index (κ1) is 17.3. The quantitative estimate of drug-likeness (QED) is 0.784. The molecule has 0 unspecified atom stereocenters. The van der Waals surface area contributed by atoms with E-state index in [0.717, 1.165) is 37.3 Å². The van der Waals surface area contributed by atoms with Crippen LogP contribution in [0.1, 0.15) is 25.8 Å². The standard InChI is InChI=1S/C18H31N3O/c1-15-11-16(2)14-21(13-15)9-10-22-18-7-5-17(6-8-18)12-19-20(3)4/h5-8,15-16,19H,9-14H2,1-4H3/t15-,16-/m0/s1. The second-order valence-corrected chi connectivity index (χ2v) is 6.93. The van der Waals surface area contributed by atoms with Crippen molar-refractivity contribution in [3.8, 4) is 5.75 Å². The largest absolute Gasteiger partial charge is 0.492 e. The molecule has 1 aliphatic heterocycles. The van der Waals surface area contributed by atoms with Crippen molar-refractivity contribution in [2.24, 2.45) is 11.8 Å². The van der Waals surface area contributed by atoms with E-state index in [0.29, 0.717) is 0 Å². The molecule has 0 aromatic heterocycles. The molecule has 0 spiro atoms. The van der Waals surface area contributed by atoms with Gasteiger partial charge in [0.05, 0.1) is 0 Å². The summed E-state index contributed by atoms with van der Waals surface area (Å²) in [5.41, 5.74) is 4.53. The molecule has 1 fully saturated rings. The van der Waals surface area contributed by atoms with Gasteiger partial charge in [-0.05, 0) is 36.0 Å². The average Bonchev–Trinajstić information content (AvgIpc) is 2.45. The van der Waals surface area contributed by atoms with Gasteiger partial charge in [0.2, 0.25) is 0 Å². The molecule has 0 saturated carbocycles. The highest BCUT2D eigenvalue weighted by molar-refractivity contribution is 5.27. The number of rotatable bonds is 7. The van der Waals surface area contributed by atoms with Gasteiger partial charge in [0, 0.05) is 40.3 Å². The minimum Gasteiger partial charge on any atom is -0.492 e. The lowest BCUT2D eigenvalue weighted by Gasteiger charge is -2.34. The Morgan fingerprint density at radius 1 is 1.14 bits per heavy atom. The van der Waals surface area contributed by atoms with E-state index in [1.165, 1.54) is 25.1 Å². The summed E-state index contributed by atoms with van der Waals surface area (Å²) < 4.78 is 5.89. The maximum atomic E-state index is 5.89. The minimum absolute atomic E-state index is 0.773. The number of piperidine rings is 1. The molecule has 0 radical (unpaired) electrons. The lowest BCUT2D eigenvalue weighted by atomic mass is 9.92. The summed E-state index contributed by atoms with van der Waals surface area (Å²) in [6.07, 6.45) is 1.36. The summed E-state index contributed by atoms with van der Waals surface area (Å²) in [6.45, 7) is 9.77. The molecule has 1 aromatic carbocycles. The van der Waals surface area contributed by atoms with Crippen molar-refractivity contribution in [3.05, 3.63) is 29.8 Å². The summed E-state index contributed by atoms with van der Waals surface area (Å²) in [7, 11) is 4.00. The molecular weight excluding hydrogens is 274 g/mol. The Bertz CT molecular complexity index is 422. The van der Waals surface area contributed by atoms with Gasteiger partial charge >= 0.3 is 0 Å². The SMILES string of the molecule is C[C@H]1C[C@H](C)CN(CCOc2ccc(CNN(C)C)cc2)C1. The van der Waals surface area contributed by atoms with Gasteiger partial charge in [-0.1, -0.05) is 26.0 Å². The summed E-state index contributed by atoms with van der Waals surface area (Å²) >= 11 is 0. The third-order valence-electron chi connectivity index (χ3n) is 4.14. The summed E-state index contributed by atoms with van der Waals surface area (Å²) in [4.78, 5) is 2.54. The van der Waals surface area contributed by atoms with Crippen molar-refractivity contribution >= 4 is 0 Å². The third kappa shape index (κ3) is 5.95. The van der Waals surface area contributed by atoms with Gasteiger partial charge in [0.1, 0.15) is 12.4 Å². The molecule has 0 bridgehead atoms. The molecule has 1 heterocycles. The first-order valence-electron chi connectivity index (χ1n) is 8.38. The maximum absolute atomic E-state index is 5.89. The molecule has 0 aliphatic carbocycles. The van der Waals surface area contributed by atoms with Crippen LogP contribution in [0.3, 0.4) is 0 Å². The molecule has 124 valence electrons. The average molecular weight is 305 g/mol. The van der Waals surface area contributed by atoms with Crippen molar-refractivity contribution in [2.75, 3.05) is 40.3 Å². The van der Waals surface area contributed by atoms with E-state index in [-0.39, 0.29) is 0 Å². The van der Waals surface area contributed by atoms with Gasteiger partial charge in [-0.2, -0.15) is 0 Å². The Hall–Kier alpha value is -1.10. The number of nitrogens with zero attached hydrogens (tertiary/aromatic N) is 2. The highest BCUT2D eigenvalue weighted by Crippen LogP contribution is 2.20. The second kappa shape index (κ2) is 8.51. The van der Waals surface area contributed by atoms with E-state index in [4.69, 9.17) is 4.74 Å². The molecule has 4 heteroatoms. The molecule has 1 saturated heterocycles. The van der Waals surface area contributed by atoms with Crippen LogP contribution in [-0.4, -0.2) is 50.2 Å². The third-order valence-corrected chi connectivity index (χ3v) is 4.14. The Morgan fingerprint density at radius 2 is 1.77 bits per heavy atom. The lowest BCUT2D eigenvalue weighted by Crippen LogP contribution is -2.40. The number of likely N-dealkylation sites (tertiary alicyclic amines) is 1. The van der Waals surface area contributed by atoms with E-state index in [1.807, 2.05) is 19.1 Å². The Kier molecular flexibility index (Phi) is 6.68. The molecule has 1 aliphatic rings. The van der Waals surface area contributed by atoms with Gasteiger partial charge in [-0.25, -0.2) is 0 Å². The monoisotopic (exact) mass is 305 g/mol. The van der Waals surface area contributed by atoms with Crippen LogP contribution >= 0.6 is 0 Å². The molecule has 2 atom stereocenters. The van der Waals surface area contributed by atoms with E-state index >= 15 is 0 Å². The second-order valence-electron chi connectivity index (χ2n) is 6.93. The summed E-state index contributed by atoms with van der Waals surface area (Å²) in [6, 6.07) is 8.37. The fraction of sp³-hybridized carbons (Fsp3) is 0.667. The van der Waals surface area contributed by atoms with Crippen molar-refractivity contribution < 1.29 is 4.74 Å². The van der Waals surface area contributed by atoms with Crippen LogP contribution in [0.25, 0.3) is 0 Å². The number of hydrogen-bond acceptors (Lipinski definition) is 4. The number of benzene rings is 1. The fourth-order valence-corrected chi connectivity index (χ4v) is 3.22. The van der Waals surface area contributed by atoms with Crippen molar-refractivity contribution in [2.45, 2.75) is 26.8 Å².